The molecule has 1 aromatic heterocycles. The van der Waals surface area contributed by atoms with E-state index in [0.717, 1.165) is 19.8 Å². The maximum atomic E-state index is 11.2. The number of nitrogens with zero attached hydrogens (tertiary/aromatic N) is 1. The number of halogens is 1. The minimum absolute atomic E-state index is 0.186. The van der Waals surface area contributed by atoms with Crippen molar-refractivity contribution in [2.75, 3.05) is 18.5 Å². The number of hydrogen-bond acceptors (Lipinski definition) is 5. The fourth-order valence-corrected chi connectivity index (χ4v) is 2.70. The van der Waals surface area contributed by atoms with Crippen LogP contribution in [0.4, 0.5) is 5.13 Å². The number of rotatable bonds is 5. The summed E-state index contributed by atoms with van der Waals surface area (Å²) >= 11 is 4.99. The van der Waals surface area contributed by atoms with Crippen LogP contribution in [-0.4, -0.2) is 24.1 Å². The summed E-state index contributed by atoms with van der Waals surface area (Å²) in [7, 11) is 0. The van der Waals surface area contributed by atoms with Gasteiger partial charge in [-0.2, -0.15) is 0 Å². The third-order valence-electron chi connectivity index (χ3n) is 2.26. The van der Waals surface area contributed by atoms with Gasteiger partial charge in [0.2, 0.25) is 0 Å². The SMILES string of the molecule is CCOC(=O)CCNc1nc2cc(Br)ccc2s1. The summed E-state index contributed by atoms with van der Waals surface area (Å²) in [5, 5.41) is 3.96. The minimum atomic E-state index is -0.186. The van der Waals surface area contributed by atoms with Gasteiger partial charge in [-0.3, -0.25) is 4.79 Å². The van der Waals surface area contributed by atoms with Gasteiger partial charge in [-0.15, -0.1) is 0 Å². The van der Waals surface area contributed by atoms with Crippen molar-refractivity contribution in [1.29, 1.82) is 0 Å². The Hall–Kier alpha value is -1.14. The lowest BCUT2D eigenvalue weighted by Gasteiger charge is -2.02. The molecule has 1 heterocycles. The van der Waals surface area contributed by atoms with E-state index in [1.54, 1.807) is 18.3 Å². The summed E-state index contributed by atoms with van der Waals surface area (Å²) in [6.07, 6.45) is 0.355. The van der Waals surface area contributed by atoms with Crippen LogP contribution in [0, 0.1) is 0 Å². The minimum Gasteiger partial charge on any atom is -0.466 e. The summed E-state index contributed by atoms with van der Waals surface area (Å²) in [4.78, 5) is 15.6. The van der Waals surface area contributed by atoms with Gasteiger partial charge in [0.25, 0.3) is 0 Å². The summed E-state index contributed by atoms with van der Waals surface area (Å²) in [6, 6.07) is 5.98. The van der Waals surface area contributed by atoms with Gasteiger partial charge in [0.15, 0.2) is 5.13 Å². The highest BCUT2D eigenvalue weighted by Gasteiger charge is 2.05. The maximum Gasteiger partial charge on any atom is 0.307 e. The Morgan fingerprint density at radius 2 is 2.39 bits per heavy atom. The number of thiazole rings is 1. The number of carbonyl (C=O) groups is 1. The van der Waals surface area contributed by atoms with Gasteiger partial charge in [0.05, 0.1) is 23.2 Å². The summed E-state index contributed by atoms with van der Waals surface area (Å²) in [6.45, 7) is 2.77. The molecule has 0 radical (unpaired) electrons. The first-order valence-electron chi connectivity index (χ1n) is 5.64. The smallest absolute Gasteiger partial charge is 0.307 e. The first-order chi connectivity index (χ1) is 8.69. The molecule has 2 rings (SSSR count). The standard InChI is InChI=1S/C12H13BrN2O2S/c1-2-17-11(16)5-6-14-12-15-9-7-8(13)3-4-10(9)18-12/h3-4,7H,2,5-6H2,1H3,(H,14,15). The zero-order valence-electron chi connectivity index (χ0n) is 9.90. The number of carbonyl (C=O) groups excluding carboxylic acids is 1. The Labute approximate surface area is 117 Å². The lowest BCUT2D eigenvalue weighted by molar-refractivity contribution is -0.142. The summed E-state index contributed by atoms with van der Waals surface area (Å²) in [5.74, 6) is -0.186. The Morgan fingerprint density at radius 3 is 3.17 bits per heavy atom. The van der Waals surface area contributed by atoms with E-state index < -0.39 is 0 Å². The fraction of sp³-hybridized carbons (Fsp3) is 0.333. The molecule has 1 N–H and O–H groups in total. The highest BCUT2D eigenvalue weighted by atomic mass is 79.9. The van der Waals surface area contributed by atoms with Gasteiger partial charge in [-0.1, -0.05) is 27.3 Å². The third-order valence-corrected chi connectivity index (χ3v) is 3.75. The molecule has 0 spiro atoms. The zero-order chi connectivity index (χ0) is 13.0. The fourth-order valence-electron chi connectivity index (χ4n) is 1.48. The number of esters is 1. The van der Waals surface area contributed by atoms with Crippen LogP contribution >= 0.6 is 27.3 Å². The second kappa shape index (κ2) is 6.15. The van der Waals surface area contributed by atoms with Crippen LogP contribution in [0.25, 0.3) is 10.2 Å². The van der Waals surface area contributed by atoms with Crippen molar-refractivity contribution in [3.8, 4) is 0 Å². The van der Waals surface area contributed by atoms with Gasteiger partial charge < -0.3 is 10.1 Å². The highest BCUT2D eigenvalue weighted by Crippen LogP contribution is 2.27. The molecule has 96 valence electrons. The molecular weight excluding hydrogens is 316 g/mol. The molecule has 0 aliphatic heterocycles. The van der Waals surface area contributed by atoms with Gasteiger partial charge in [-0.25, -0.2) is 4.98 Å². The second-order valence-corrected chi connectivity index (χ2v) is 5.56. The molecule has 2 aromatic rings. The molecule has 6 heteroatoms. The van der Waals surface area contributed by atoms with Crippen LogP contribution in [-0.2, 0) is 9.53 Å². The number of benzene rings is 1. The van der Waals surface area contributed by atoms with Crippen molar-refractivity contribution in [2.24, 2.45) is 0 Å². The predicted molar refractivity (Wildman–Crippen MR) is 77.1 cm³/mol. The highest BCUT2D eigenvalue weighted by molar-refractivity contribution is 9.10. The molecule has 1 aromatic carbocycles. The molecule has 0 amide bonds. The molecule has 4 nitrogen and oxygen atoms in total. The number of fused-ring (bicyclic) bond motifs is 1. The lowest BCUT2D eigenvalue weighted by Crippen LogP contribution is -2.11. The Morgan fingerprint density at radius 1 is 1.56 bits per heavy atom. The van der Waals surface area contributed by atoms with E-state index in [1.165, 1.54) is 0 Å². The average Bonchev–Trinajstić information content (AvgIpc) is 2.71. The van der Waals surface area contributed by atoms with E-state index in [4.69, 9.17) is 4.74 Å². The van der Waals surface area contributed by atoms with Gasteiger partial charge >= 0.3 is 5.97 Å². The van der Waals surface area contributed by atoms with Crippen LogP contribution in [0.2, 0.25) is 0 Å². The van der Waals surface area contributed by atoms with E-state index >= 15 is 0 Å². The first-order valence-corrected chi connectivity index (χ1v) is 7.25. The largest absolute Gasteiger partial charge is 0.466 e. The van der Waals surface area contributed by atoms with Crippen molar-refractivity contribution in [3.05, 3.63) is 22.7 Å². The van der Waals surface area contributed by atoms with Crippen molar-refractivity contribution in [1.82, 2.24) is 4.98 Å². The molecule has 0 unspecified atom stereocenters. The van der Waals surface area contributed by atoms with Crippen LogP contribution in [0.5, 0.6) is 0 Å². The number of hydrogen-bond donors (Lipinski definition) is 1. The van der Waals surface area contributed by atoms with E-state index in [1.807, 2.05) is 18.2 Å². The van der Waals surface area contributed by atoms with E-state index in [0.29, 0.717) is 19.6 Å². The molecular formula is C12H13BrN2O2S. The van der Waals surface area contributed by atoms with Gasteiger partial charge in [-0.05, 0) is 25.1 Å². The van der Waals surface area contributed by atoms with Crippen LogP contribution in [0.1, 0.15) is 13.3 Å². The summed E-state index contributed by atoms with van der Waals surface area (Å²) in [5.41, 5.74) is 0.952. The molecule has 0 aliphatic rings. The average molecular weight is 329 g/mol. The van der Waals surface area contributed by atoms with Crippen LogP contribution in [0.3, 0.4) is 0 Å². The summed E-state index contributed by atoms with van der Waals surface area (Å²) < 4.78 is 6.99. The first kappa shape index (κ1) is 13.3. The predicted octanol–water partition coefficient (Wildman–Crippen LogP) is 3.42. The molecule has 0 saturated carbocycles. The lowest BCUT2D eigenvalue weighted by atomic mass is 10.3. The molecule has 0 saturated heterocycles. The number of anilines is 1. The van der Waals surface area contributed by atoms with Crippen molar-refractivity contribution in [3.63, 3.8) is 0 Å². The maximum absolute atomic E-state index is 11.2. The molecule has 0 aliphatic carbocycles. The molecule has 0 fully saturated rings. The van der Waals surface area contributed by atoms with Crippen LogP contribution in [0.15, 0.2) is 22.7 Å². The zero-order valence-corrected chi connectivity index (χ0v) is 12.3. The van der Waals surface area contributed by atoms with Crippen molar-refractivity contribution < 1.29 is 9.53 Å². The number of nitrogens with one attached hydrogen (secondary N) is 1. The number of aromatic nitrogens is 1. The second-order valence-electron chi connectivity index (χ2n) is 3.61. The van der Waals surface area contributed by atoms with Gasteiger partial charge in [0.1, 0.15) is 0 Å². The van der Waals surface area contributed by atoms with E-state index in [9.17, 15) is 4.79 Å². The normalized spacial score (nSPS) is 10.6. The molecule has 18 heavy (non-hydrogen) atoms. The van der Waals surface area contributed by atoms with Crippen molar-refractivity contribution in [2.45, 2.75) is 13.3 Å². The monoisotopic (exact) mass is 328 g/mol. The van der Waals surface area contributed by atoms with Gasteiger partial charge in [0, 0.05) is 11.0 Å². The van der Waals surface area contributed by atoms with Crippen LogP contribution < -0.4 is 5.32 Å². The quantitative estimate of drug-likeness (QED) is 0.854. The van der Waals surface area contributed by atoms with E-state index in [-0.39, 0.29) is 5.97 Å². The van der Waals surface area contributed by atoms with E-state index in [2.05, 4.69) is 26.2 Å². The Bertz CT molecular complexity index is 556. The third kappa shape index (κ3) is 3.43. The van der Waals surface area contributed by atoms with Crippen molar-refractivity contribution >= 4 is 48.6 Å². The topological polar surface area (TPSA) is 51.2 Å². The number of ether oxygens (including phenoxy) is 1. The molecule has 0 bridgehead atoms. The Kier molecular flexibility index (Phi) is 4.54. The Balaban J connectivity index is 1.94. The molecule has 0 atom stereocenters.